The fourth-order valence-electron chi connectivity index (χ4n) is 2.67. The summed E-state index contributed by atoms with van der Waals surface area (Å²) < 4.78 is 11.7. The van der Waals surface area contributed by atoms with E-state index in [4.69, 9.17) is 9.47 Å². The molecule has 0 bridgehead atoms. The van der Waals surface area contributed by atoms with Gasteiger partial charge in [0.25, 0.3) is 0 Å². The zero-order valence-electron chi connectivity index (χ0n) is 13.6. The molecule has 0 heterocycles. The molecule has 0 spiro atoms. The summed E-state index contributed by atoms with van der Waals surface area (Å²) in [7, 11) is 3.69. The van der Waals surface area contributed by atoms with Gasteiger partial charge in [0.05, 0.1) is 5.60 Å². The first kappa shape index (κ1) is 18.0. The molecule has 0 aromatic heterocycles. The van der Waals surface area contributed by atoms with Crippen molar-refractivity contribution in [2.75, 3.05) is 7.11 Å². The molecule has 107 valence electrons. The molecule has 0 N–H and O–H groups in total. The van der Waals surface area contributed by atoms with Crippen molar-refractivity contribution in [2.24, 2.45) is 17.8 Å². The van der Waals surface area contributed by atoms with Gasteiger partial charge in [0.2, 0.25) is 0 Å². The van der Waals surface area contributed by atoms with Crippen LogP contribution >= 0.6 is 0 Å². The van der Waals surface area contributed by atoms with Crippen molar-refractivity contribution in [3.8, 4) is 0 Å². The van der Waals surface area contributed by atoms with Gasteiger partial charge in [-0.15, -0.1) is 0 Å². The van der Waals surface area contributed by atoms with Crippen LogP contribution in [0.25, 0.3) is 0 Å². The molecule has 2 nitrogen and oxygen atoms in total. The first-order chi connectivity index (χ1) is 8.32. The zero-order valence-corrected chi connectivity index (χ0v) is 13.6. The number of methoxy groups -OCH3 is 1. The minimum atomic E-state index is -0.204. The maximum atomic E-state index is 6.34. The highest BCUT2D eigenvalue weighted by atomic mass is 16.7. The van der Waals surface area contributed by atoms with Gasteiger partial charge in [-0.25, -0.2) is 0 Å². The molecule has 0 amide bonds. The van der Waals surface area contributed by atoms with E-state index in [1.54, 1.807) is 7.11 Å². The van der Waals surface area contributed by atoms with Crippen molar-refractivity contribution < 1.29 is 9.47 Å². The fourth-order valence-corrected chi connectivity index (χ4v) is 2.67. The zero-order chi connectivity index (χ0) is 14.3. The van der Waals surface area contributed by atoms with Crippen molar-refractivity contribution in [3.63, 3.8) is 0 Å². The van der Waals surface area contributed by atoms with Crippen LogP contribution in [0.4, 0.5) is 0 Å². The lowest BCUT2D eigenvalue weighted by molar-refractivity contribution is -0.194. The van der Waals surface area contributed by atoms with Gasteiger partial charge in [0.1, 0.15) is 6.19 Å². The minimum absolute atomic E-state index is 0.0878. The van der Waals surface area contributed by atoms with Crippen molar-refractivity contribution in [1.82, 2.24) is 0 Å². The van der Waals surface area contributed by atoms with Crippen molar-refractivity contribution in [1.29, 1.82) is 0 Å². The lowest BCUT2D eigenvalue weighted by Crippen LogP contribution is -2.46. The molecule has 0 aliphatic carbocycles. The van der Waals surface area contributed by atoms with E-state index in [1.165, 1.54) is 0 Å². The minimum Gasteiger partial charge on any atom is -0.365 e. The number of hydrogen-bond donors (Lipinski definition) is 0. The highest BCUT2D eigenvalue weighted by Gasteiger charge is 2.39. The molecule has 0 aliphatic rings. The monoisotopic (exact) mass is 255 g/mol. The lowest BCUT2D eigenvalue weighted by atomic mass is 9.73. The summed E-state index contributed by atoms with van der Waals surface area (Å²) in [5.74, 6) is 1.75. The fraction of sp³-hybridized carbons (Fsp3) is 1.00. The van der Waals surface area contributed by atoms with Crippen LogP contribution in [0.2, 0.25) is 6.82 Å². The number of rotatable bonds is 9. The molecule has 3 atom stereocenters. The summed E-state index contributed by atoms with van der Waals surface area (Å²) in [5, 5.41) is 0. The Kier molecular flexibility index (Phi) is 8.21. The molecule has 0 aromatic rings. The van der Waals surface area contributed by atoms with E-state index in [9.17, 15) is 0 Å². The quantitative estimate of drug-likeness (QED) is 0.454. The van der Waals surface area contributed by atoms with E-state index in [1.807, 2.05) is 14.1 Å². The van der Waals surface area contributed by atoms with E-state index in [0.29, 0.717) is 17.8 Å². The summed E-state index contributed by atoms with van der Waals surface area (Å²) >= 11 is 0. The Hall–Kier alpha value is -0.0151. The van der Waals surface area contributed by atoms with Gasteiger partial charge < -0.3 is 9.47 Å². The molecular weight excluding hydrogens is 223 g/mol. The van der Waals surface area contributed by atoms with Gasteiger partial charge in [-0.3, -0.25) is 0 Å². The molecule has 0 fully saturated rings. The molecule has 0 rings (SSSR count). The van der Waals surface area contributed by atoms with Crippen LogP contribution in [0.5, 0.6) is 0 Å². The van der Waals surface area contributed by atoms with Crippen LogP contribution in [0.15, 0.2) is 0 Å². The van der Waals surface area contributed by atoms with Gasteiger partial charge >= 0.3 is 0 Å². The van der Waals surface area contributed by atoms with Gasteiger partial charge in [-0.05, 0) is 30.6 Å². The van der Waals surface area contributed by atoms with Crippen LogP contribution in [0.3, 0.4) is 0 Å². The predicted octanol–water partition coefficient (Wildman–Crippen LogP) is 4.17. The first-order valence-corrected chi connectivity index (χ1v) is 7.33. The average Bonchev–Trinajstić information content (AvgIpc) is 2.32. The molecule has 3 heteroatoms. The summed E-state index contributed by atoms with van der Waals surface area (Å²) in [6, 6.07) is 0. The Labute approximate surface area is 115 Å². The summed E-state index contributed by atoms with van der Waals surface area (Å²) in [4.78, 5) is 0. The molecule has 0 saturated carbocycles. The van der Waals surface area contributed by atoms with Crippen LogP contribution in [-0.2, 0) is 9.47 Å². The van der Waals surface area contributed by atoms with E-state index >= 15 is 0 Å². The highest BCUT2D eigenvalue weighted by Crippen LogP contribution is 2.38. The largest absolute Gasteiger partial charge is 0.365 e. The van der Waals surface area contributed by atoms with Gasteiger partial charge in [-0.1, -0.05) is 48.4 Å². The summed E-state index contributed by atoms with van der Waals surface area (Å²) in [6.45, 7) is 15.6. The molecule has 0 aliphatic heterocycles. The van der Waals surface area contributed by atoms with Crippen LogP contribution in [0, 0.1) is 17.8 Å². The van der Waals surface area contributed by atoms with E-state index < -0.39 is 0 Å². The summed E-state index contributed by atoms with van der Waals surface area (Å²) in [5.41, 5.74) is -0.0878. The van der Waals surface area contributed by atoms with Crippen molar-refractivity contribution >= 4 is 7.28 Å². The molecule has 18 heavy (non-hydrogen) atoms. The second-order valence-corrected chi connectivity index (χ2v) is 6.10. The summed E-state index contributed by atoms with van der Waals surface area (Å²) in [6.07, 6.45) is 1.90. The highest BCUT2D eigenvalue weighted by molar-refractivity contribution is 6.34. The second kappa shape index (κ2) is 8.21. The smallest absolute Gasteiger partial charge is 0.183 e. The van der Waals surface area contributed by atoms with E-state index in [-0.39, 0.29) is 11.8 Å². The predicted molar refractivity (Wildman–Crippen MR) is 80.0 cm³/mol. The maximum absolute atomic E-state index is 6.34. The van der Waals surface area contributed by atoms with E-state index in [2.05, 4.69) is 41.5 Å². The van der Waals surface area contributed by atoms with E-state index in [0.717, 1.165) is 12.8 Å². The molecule has 1 radical (unpaired) electrons. The lowest BCUT2D eigenvalue weighted by Gasteiger charge is -2.44. The number of ether oxygens (including phenoxy) is 2. The third kappa shape index (κ3) is 4.93. The Morgan fingerprint density at radius 3 is 1.94 bits per heavy atom. The average molecular weight is 255 g/mol. The Morgan fingerprint density at radius 2 is 1.67 bits per heavy atom. The van der Waals surface area contributed by atoms with Gasteiger partial charge in [0.15, 0.2) is 7.28 Å². The van der Waals surface area contributed by atoms with Crippen LogP contribution in [0.1, 0.15) is 54.4 Å². The number of hydrogen-bond acceptors (Lipinski definition) is 2. The maximum Gasteiger partial charge on any atom is 0.183 e. The third-order valence-electron chi connectivity index (χ3n) is 4.04. The molecule has 0 aromatic carbocycles. The SMILES string of the molecule is C[B]C(OC)OC(CC)(CC(C)C)C(C)C(C)C. The Bertz CT molecular complexity index is 215. The molecule has 0 saturated heterocycles. The topological polar surface area (TPSA) is 18.5 Å². The second-order valence-electron chi connectivity index (χ2n) is 6.10. The Balaban J connectivity index is 5.08. The van der Waals surface area contributed by atoms with Gasteiger partial charge in [-0.2, -0.15) is 0 Å². The van der Waals surface area contributed by atoms with Crippen LogP contribution < -0.4 is 0 Å². The molecular formula is C15H32BO2. The Morgan fingerprint density at radius 1 is 1.11 bits per heavy atom. The first-order valence-electron chi connectivity index (χ1n) is 7.33. The van der Waals surface area contributed by atoms with Crippen LogP contribution in [-0.4, -0.2) is 26.2 Å². The third-order valence-corrected chi connectivity index (χ3v) is 4.04. The van der Waals surface area contributed by atoms with Crippen molar-refractivity contribution in [2.45, 2.75) is 73.0 Å². The molecule has 3 unspecified atom stereocenters. The normalized spacial score (nSPS) is 18.8. The van der Waals surface area contributed by atoms with Crippen molar-refractivity contribution in [3.05, 3.63) is 0 Å². The van der Waals surface area contributed by atoms with Gasteiger partial charge in [0, 0.05) is 7.11 Å². The standard InChI is InChI=1S/C15H32BO2/c1-9-15(10-11(2)3,13(6)12(4)5)18-14(16-7)17-8/h11-14H,9-10H2,1-8H3.